The summed E-state index contributed by atoms with van der Waals surface area (Å²) < 4.78 is 63.0. The monoisotopic (exact) mass is 1160 g/mol. The van der Waals surface area contributed by atoms with E-state index in [2.05, 4.69) is 79.7 Å². The van der Waals surface area contributed by atoms with Gasteiger partial charge in [0.05, 0.1) is 4.11 Å². The van der Waals surface area contributed by atoms with Crippen molar-refractivity contribution in [2.24, 2.45) is 5.92 Å². The zero-order valence-corrected chi connectivity index (χ0v) is 44.2. The van der Waals surface area contributed by atoms with Gasteiger partial charge in [-0.2, -0.15) is 12.1 Å². The second kappa shape index (κ2) is 19.3. The Morgan fingerprint density at radius 3 is 1.88 bits per heavy atom. The van der Waals surface area contributed by atoms with E-state index in [1.807, 2.05) is 176 Å². The average Bonchev–Trinajstić information content (AvgIpc) is 3.35. The second-order valence-electron chi connectivity index (χ2n) is 20.2. The number of pyridine rings is 1. The van der Waals surface area contributed by atoms with Gasteiger partial charge in [0, 0.05) is 80.8 Å². The molecule has 0 N–H and O–H groups in total. The molecule has 12 bridgehead atoms. The molecule has 0 radical (unpaired) electrons. The molecule has 9 aromatic carbocycles. The zero-order chi connectivity index (χ0) is 54.5. The first-order valence-electron chi connectivity index (χ1n) is 27.5. The van der Waals surface area contributed by atoms with Crippen molar-refractivity contribution in [3.8, 4) is 73.3 Å². The Hall–Kier alpha value is -8.18. The largest absolute Gasteiger partial charge is 0.509 e. The summed E-state index contributed by atoms with van der Waals surface area (Å²) in [5.41, 5.74) is 12.0. The number of rotatable bonds is 4. The van der Waals surface area contributed by atoms with Crippen molar-refractivity contribution in [2.45, 2.75) is 46.4 Å². The second-order valence-corrected chi connectivity index (χ2v) is 20.2. The number of anilines is 4. The van der Waals surface area contributed by atoms with Crippen LogP contribution >= 0.6 is 0 Å². The smallest absolute Gasteiger partial charge is 0.135 e. The van der Waals surface area contributed by atoms with Crippen LogP contribution < -0.4 is 19.3 Å². The molecule has 0 aliphatic carbocycles. The summed E-state index contributed by atoms with van der Waals surface area (Å²) in [5.74, 6) is 2.31. The average molecular weight is 1160 g/mol. The van der Waals surface area contributed by atoms with Crippen LogP contribution in [0.2, 0.25) is 0 Å². The number of nitrogens with zero attached hydrogens (tertiary/aromatic N) is 4. The maximum absolute atomic E-state index is 9.79. The van der Waals surface area contributed by atoms with E-state index < -0.39 is 6.37 Å². The number of ether oxygens (including phenoxy) is 2. The van der Waals surface area contributed by atoms with E-state index in [1.54, 1.807) is 0 Å². The summed E-state index contributed by atoms with van der Waals surface area (Å²) in [6, 6.07) is 66.6. The summed E-state index contributed by atoms with van der Waals surface area (Å²) in [7, 11) is 0. The number of aromatic nitrogens is 2. The molecule has 0 amide bonds. The summed E-state index contributed by atoms with van der Waals surface area (Å²) in [5, 5.41) is 1.19. The minimum atomic E-state index is -1.66. The molecule has 5 aliphatic rings. The Labute approximate surface area is 460 Å². The normalized spacial score (nSPS) is 13.9. The van der Waals surface area contributed by atoms with Crippen molar-refractivity contribution in [1.82, 2.24) is 9.55 Å². The van der Waals surface area contributed by atoms with Crippen LogP contribution in [0.1, 0.15) is 52.6 Å². The third-order valence-corrected chi connectivity index (χ3v) is 13.7. The molecule has 7 heteroatoms. The third-order valence-electron chi connectivity index (χ3n) is 13.7. The Morgan fingerprint density at radius 2 is 1.21 bits per heavy atom. The van der Waals surface area contributed by atoms with Gasteiger partial charge < -0.3 is 23.8 Å². The van der Waals surface area contributed by atoms with E-state index >= 15 is 0 Å². The summed E-state index contributed by atoms with van der Waals surface area (Å²) in [6.07, 6.45) is 0.210. The molecule has 0 atom stereocenters. The van der Waals surface area contributed by atoms with Crippen LogP contribution in [0.5, 0.6) is 23.0 Å². The first kappa shape index (κ1) is 42.2. The van der Waals surface area contributed by atoms with Crippen LogP contribution in [-0.4, -0.2) is 9.55 Å². The van der Waals surface area contributed by atoms with E-state index in [4.69, 9.17) is 14.5 Å². The number of fused-ring (bicyclic) bond motifs is 6. The van der Waals surface area contributed by atoms with Crippen LogP contribution in [0.4, 0.5) is 22.7 Å². The van der Waals surface area contributed by atoms with E-state index in [0.717, 1.165) is 56.0 Å². The van der Waals surface area contributed by atoms with E-state index in [9.17, 15) is 6.85 Å². The molecule has 0 unspecified atom stereocenters. The van der Waals surface area contributed by atoms with Crippen molar-refractivity contribution in [3.63, 3.8) is 0 Å². The summed E-state index contributed by atoms with van der Waals surface area (Å²) >= 11 is 0. The van der Waals surface area contributed by atoms with Gasteiger partial charge in [-0.1, -0.05) is 149 Å². The van der Waals surface area contributed by atoms with Gasteiger partial charge in [0.1, 0.15) is 17.3 Å². The fraction of sp³-hybridized carbons (Fsp3) is 0.118. The molecule has 5 aliphatic heterocycles. The number of hydrogen-bond acceptors (Lipinski definition) is 5. The number of para-hydroxylation sites is 2. The van der Waals surface area contributed by atoms with Crippen molar-refractivity contribution in [3.05, 3.63) is 236 Å². The van der Waals surface area contributed by atoms with Crippen molar-refractivity contribution < 1.29 is 37.4 Å². The molecule has 0 saturated heterocycles. The van der Waals surface area contributed by atoms with Gasteiger partial charge in [-0.15, -0.1) is 48.1 Å². The number of benzene rings is 9. The molecule has 7 heterocycles. The van der Waals surface area contributed by atoms with Crippen LogP contribution in [0, 0.1) is 24.7 Å². The van der Waals surface area contributed by atoms with Crippen molar-refractivity contribution in [1.29, 1.82) is 0 Å². The van der Waals surface area contributed by atoms with Crippen molar-refractivity contribution >= 4 is 44.6 Å². The zero-order valence-electron chi connectivity index (χ0n) is 47.0. The quantitative estimate of drug-likeness (QED) is 0.164. The molecule has 0 spiro atoms. The van der Waals surface area contributed by atoms with Crippen LogP contribution in [0.3, 0.4) is 0 Å². The minimum absolute atomic E-state index is 0. The fourth-order valence-corrected chi connectivity index (χ4v) is 10.3. The van der Waals surface area contributed by atoms with Crippen LogP contribution in [0.25, 0.3) is 72.1 Å². The molecule has 370 valence electrons. The van der Waals surface area contributed by atoms with Gasteiger partial charge in [0.2, 0.25) is 0 Å². The molecule has 0 fully saturated rings. The van der Waals surface area contributed by atoms with Crippen LogP contribution in [0.15, 0.2) is 206 Å². The predicted octanol–water partition coefficient (Wildman–Crippen LogP) is 18.2. The van der Waals surface area contributed by atoms with Crippen LogP contribution in [-0.2, 0) is 32.9 Å². The van der Waals surface area contributed by atoms with Crippen molar-refractivity contribution in [2.75, 3.05) is 9.80 Å². The Balaban J connectivity index is 0.00000637. The fourth-order valence-electron chi connectivity index (χ4n) is 10.3. The van der Waals surface area contributed by atoms with Gasteiger partial charge in [-0.05, 0) is 123 Å². The molecule has 11 aromatic rings. The van der Waals surface area contributed by atoms with Gasteiger partial charge in [0.15, 0.2) is 0 Å². The molecule has 16 rings (SSSR count). The standard InChI is InChI=1S/C68H53N4O2.Pt/c1-44(2)35-45-36-57(47-17-10-7-11-18-47)67-58(37-45)48-23-28-52(29-24-48)73-53-30-25-49(26-31-53)60-42-69-66(41-61(60)68(3,4)5)72-62-34-27-50(46-15-8-6-9-16-46)38-59(62)56-33-32-55(40-65(56)72)74-54-20-14-19-51(39-54)70-43-71(67)64-22-13-12-21-63(64)70;/h6-34,36-38,41-44H,35H2,1-5H3;/q-3;/i27D,34D,35D2,38D;. The summed E-state index contributed by atoms with van der Waals surface area (Å²) in [6.45, 7) is 12.4. The maximum atomic E-state index is 9.79. The molecule has 2 aromatic heterocycles. The van der Waals surface area contributed by atoms with Gasteiger partial charge in [0.25, 0.3) is 0 Å². The first-order chi connectivity index (χ1) is 38.1. The Kier molecular flexibility index (Phi) is 10.8. The first-order valence-corrected chi connectivity index (χ1v) is 25.0. The maximum Gasteiger partial charge on any atom is 0.135 e. The van der Waals surface area contributed by atoms with Gasteiger partial charge >= 0.3 is 0 Å². The van der Waals surface area contributed by atoms with E-state index in [0.29, 0.717) is 73.0 Å². The topological polar surface area (TPSA) is 42.8 Å². The van der Waals surface area contributed by atoms with E-state index in [-0.39, 0.29) is 50.5 Å². The molecular weight excluding hydrogens is 1100 g/mol. The third kappa shape index (κ3) is 8.87. The molecule has 75 heavy (non-hydrogen) atoms. The van der Waals surface area contributed by atoms with Gasteiger partial charge in [-0.25, -0.2) is 4.98 Å². The predicted molar refractivity (Wildman–Crippen MR) is 303 cm³/mol. The van der Waals surface area contributed by atoms with Gasteiger partial charge in [-0.3, -0.25) is 0 Å². The molecule has 0 saturated carbocycles. The Bertz CT molecular complexity index is 4200. The summed E-state index contributed by atoms with van der Waals surface area (Å²) in [4.78, 5) is 9.43. The minimum Gasteiger partial charge on any atom is -0.509 e. The molecule has 6 nitrogen and oxygen atoms in total. The SMILES string of the molecule is [2H]c1c(-c2ccccc2)c([2H])c2c3ccc4[c-]c3n(c2c1[2H])-c1cc(C(C)(C)C)c(cn1)-c1ccc(cc1)Oc1ccc(cc1)-c1cc(C([2H])([2H])C(C)C)cc(-c2ccccc2)c1N1[CH-]N(c2[c-]c(ccc2)O4)c2ccccc21.[Pt]. The number of hydrogen-bond donors (Lipinski definition) is 0. The molecular formula is C68H53N4O2Pt-3. The Morgan fingerprint density at radius 1 is 0.600 bits per heavy atom. The van der Waals surface area contributed by atoms with E-state index in [1.165, 1.54) is 0 Å².